The lowest BCUT2D eigenvalue weighted by atomic mass is 10.3. The van der Waals surface area contributed by atoms with Gasteiger partial charge in [-0.05, 0) is 24.3 Å². The molecule has 22 heavy (non-hydrogen) atoms. The predicted molar refractivity (Wildman–Crippen MR) is 85.6 cm³/mol. The second-order valence-electron chi connectivity index (χ2n) is 5.22. The van der Waals surface area contributed by atoms with E-state index in [4.69, 9.17) is 11.6 Å². The molecule has 1 aliphatic heterocycles. The molecule has 2 heterocycles. The highest BCUT2D eigenvalue weighted by Gasteiger charge is 2.28. The fourth-order valence-corrected chi connectivity index (χ4v) is 4.06. The summed E-state index contributed by atoms with van der Waals surface area (Å²) in [6, 6.07) is 6.29. The number of benzene rings is 1. The fourth-order valence-electron chi connectivity index (χ4n) is 2.51. The molecule has 0 bridgehead atoms. The van der Waals surface area contributed by atoms with Crippen molar-refractivity contribution in [2.45, 2.75) is 4.90 Å². The molecule has 3 rings (SSSR count). The van der Waals surface area contributed by atoms with Crippen molar-refractivity contribution in [3.63, 3.8) is 0 Å². The van der Waals surface area contributed by atoms with Crippen LogP contribution in [0.15, 0.2) is 41.6 Å². The molecule has 0 spiro atoms. The van der Waals surface area contributed by atoms with Crippen molar-refractivity contribution < 1.29 is 8.42 Å². The van der Waals surface area contributed by atoms with Gasteiger partial charge in [0.05, 0.1) is 16.8 Å². The van der Waals surface area contributed by atoms with Crippen LogP contribution in [0.5, 0.6) is 0 Å². The van der Waals surface area contributed by atoms with Crippen molar-refractivity contribution in [3.05, 3.63) is 41.7 Å². The largest absolute Gasteiger partial charge is 0.366 e. The Morgan fingerprint density at radius 3 is 2.27 bits per heavy atom. The van der Waals surface area contributed by atoms with E-state index in [2.05, 4.69) is 10.00 Å². The molecular formula is C14H17ClN4O2S. The lowest BCUT2D eigenvalue weighted by Crippen LogP contribution is -2.48. The molecular weight excluding hydrogens is 324 g/mol. The Morgan fingerprint density at radius 1 is 1.09 bits per heavy atom. The first-order valence-electron chi connectivity index (χ1n) is 6.96. The Labute approximate surface area is 134 Å². The van der Waals surface area contributed by atoms with Crippen LogP contribution in [-0.4, -0.2) is 48.7 Å². The monoisotopic (exact) mass is 340 g/mol. The molecule has 1 aromatic carbocycles. The predicted octanol–water partition coefficient (Wildman–Crippen LogP) is 1.58. The molecule has 8 heteroatoms. The zero-order valence-corrected chi connectivity index (χ0v) is 13.8. The van der Waals surface area contributed by atoms with Crippen molar-refractivity contribution in [1.82, 2.24) is 14.1 Å². The van der Waals surface area contributed by atoms with Gasteiger partial charge >= 0.3 is 0 Å². The summed E-state index contributed by atoms with van der Waals surface area (Å²) in [7, 11) is -1.59. The third-order valence-corrected chi connectivity index (χ3v) is 5.91. The number of aromatic nitrogens is 2. The number of halogens is 1. The SMILES string of the molecule is Cn1cc(N2CCN(S(=O)(=O)c3ccc(Cl)cc3)CC2)cn1. The first-order valence-corrected chi connectivity index (χ1v) is 8.78. The van der Waals surface area contributed by atoms with Crippen LogP contribution in [0.1, 0.15) is 0 Å². The summed E-state index contributed by atoms with van der Waals surface area (Å²) >= 11 is 5.81. The van der Waals surface area contributed by atoms with Gasteiger partial charge in [-0.3, -0.25) is 4.68 Å². The molecule has 0 amide bonds. The number of anilines is 1. The third kappa shape index (κ3) is 2.97. The van der Waals surface area contributed by atoms with Crippen molar-refractivity contribution in [3.8, 4) is 0 Å². The van der Waals surface area contributed by atoms with Gasteiger partial charge in [0, 0.05) is 44.4 Å². The van der Waals surface area contributed by atoms with Crippen LogP contribution in [0, 0.1) is 0 Å². The van der Waals surface area contributed by atoms with Gasteiger partial charge in [-0.15, -0.1) is 0 Å². The van der Waals surface area contributed by atoms with E-state index in [1.54, 1.807) is 35.1 Å². The minimum atomic E-state index is -3.45. The molecule has 0 saturated carbocycles. The zero-order chi connectivity index (χ0) is 15.7. The number of hydrogen-bond acceptors (Lipinski definition) is 4. The number of rotatable bonds is 3. The van der Waals surface area contributed by atoms with Gasteiger partial charge in [-0.1, -0.05) is 11.6 Å². The standard InChI is InChI=1S/C14H17ClN4O2S/c1-17-11-13(10-16-17)18-6-8-19(9-7-18)22(20,21)14-4-2-12(15)3-5-14/h2-5,10-11H,6-9H2,1H3. The Balaban J connectivity index is 1.71. The lowest BCUT2D eigenvalue weighted by molar-refractivity contribution is 0.385. The second-order valence-corrected chi connectivity index (χ2v) is 7.59. The number of hydrogen-bond donors (Lipinski definition) is 0. The minimum Gasteiger partial charge on any atom is -0.366 e. The number of sulfonamides is 1. The number of nitrogens with zero attached hydrogens (tertiary/aromatic N) is 4. The topological polar surface area (TPSA) is 58.4 Å². The maximum absolute atomic E-state index is 12.6. The van der Waals surface area contributed by atoms with Crippen LogP contribution in [-0.2, 0) is 17.1 Å². The summed E-state index contributed by atoms with van der Waals surface area (Å²) in [5.74, 6) is 0. The van der Waals surface area contributed by atoms with Crippen LogP contribution in [0.2, 0.25) is 5.02 Å². The third-order valence-electron chi connectivity index (χ3n) is 3.75. The maximum Gasteiger partial charge on any atom is 0.243 e. The van der Waals surface area contributed by atoms with Gasteiger partial charge in [0.25, 0.3) is 0 Å². The van der Waals surface area contributed by atoms with E-state index in [1.807, 2.05) is 13.2 Å². The molecule has 1 aliphatic rings. The quantitative estimate of drug-likeness (QED) is 0.851. The maximum atomic E-state index is 12.6. The normalized spacial score (nSPS) is 16.9. The van der Waals surface area contributed by atoms with Gasteiger partial charge in [0.15, 0.2) is 0 Å². The Kier molecular flexibility index (Phi) is 4.12. The molecule has 0 atom stereocenters. The average molecular weight is 341 g/mol. The van der Waals surface area contributed by atoms with Gasteiger partial charge in [0.1, 0.15) is 0 Å². The molecule has 6 nitrogen and oxygen atoms in total. The summed E-state index contributed by atoms with van der Waals surface area (Å²) < 4.78 is 28.4. The molecule has 1 fully saturated rings. The van der Waals surface area contributed by atoms with E-state index >= 15 is 0 Å². The number of piperazine rings is 1. The highest BCUT2D eigenvalue weighted by molar-refractivity contribution is 7.89. The Morgan fingerprint density at radius 2 is 1.73 bits per heavy atom. The summed E-state index contributed by atoms with van der Waals surface area (Å²) in [5, 5.41) is 4.67. The summed E-state index contributed by atoms with van der Waals surface area (Å²) in [6.07, 6.45) is 3.73. The van der Waals surface area contributed by atoms with Crippen LogP contribution >= 0.6 is 11.6 Å². The number of aryl methyl sites for hydroxylation is 1. The van der Waals surface area contributed by atoms with Crippen LogP contribution in [0.25, 0.3) is 0 Å². The van der Waals surface area contributed by atoms with Crippen molar-refractivity contribution in [2.24, 2.45) is 7.05 Å². The van der Waals surface area contributed by atoms with Crippen LogP contribution < -0.4 is 4.90 Å². The first-order chi connectivity index (χ1) is 10.5. The molecule has 0 radical (unpaired) electrons. The van der Waals surface area contributed by atoms with Crippen molar-refractivity contribution >= 4 is 27.3 Å². The molecule has 0 N–H and O–H groups in total. The Hall–Kier alpha value is -1.57. The minimum absolute atomic E-state index is 0.284. The van der Waals surface area contributed by atoms with E-state index in [-0.39, 0.29) is 4.90 Å². The highest BCUT2D eigenvalue weighted by atomic mass is 35.5. The second kappa shape index (κ2) is 5.91. The average Bonchev–Trinajstić information content (AvgIpc) is 2.94. The molecule has 0 unspecified atom stereocenters. The van der Waals surface area contributed by atoms with Gasteiger partial charge in [-0.25, -0.2) is 8.42 Å². The smallest absolute Gasteiger partial charge is 0.243 e. The van der Waals surface area contributed by atoms with Gasteiger partial charge in [-0.2, -0.15) is 9.40 Å². The summed E-state index contributed by atoms with van der Waals surface area (Å²) in [6.45, 7) is 2.22. The van der Waals surface area contributed by atoms with Gasteiger partial charge in [0.2, 0.25) is 10.0 Å². The summed E-state index contributed by atoms with van der Waals surface area (Å²) in [5.41, 5.74) is 1.02. The van der Waals surface area contributed by atoms with E-state index < -0.39 is 10.0 Å². The van der Waals surface area contributed by atoms with Gasteiger partial charge < -0.3 is 4.90 Å². The van der Waals surface area contributed by atoms with E-state index in [9.17, 15) is 8.42 Å². The van der Waals surface area contributed by atoms with E-state index in [0.29, 0.717) is 31.2 Å². The fraction of sp³-hybridized carbons (Fsp3) is 0.357. The Bertz CT molecular complexity index is 749. The summed E-state index contributed by atoms with van der Waals surface area (Å²) in [4.78, 5) is 2.42. The molecule has 1 saturated heterocycles. The molecule has 0 aliphatic carbocycles. The molecule has 2 aromatic rings. The zero-order valence-electron chi connectivity index (χ0n) is 12.2. The van der Waals surface area contributed by atoms with Crippen molar-refractivity contribution in [2.75, 3.05) is 31.1 Å². The van der Waals surface area contributed by atoms with Crippen LogP contribution in [0.3, 0.4) is 0 Å². The van der Waals surface area contributed by atoms with E-state index in [1.165, 1.54) is 4.31 Å². The van der Waals surface area contributed by atoms with Crippen LogP contribution in [0.4, 0.5) is 5.69 Å². The van der Waals surface area contributed by atoms with Crippen molar-refractivity contribution in [1.29, 1.82) is 0 Å². The lowest BCUT2D eigenvalue weighted by Gasteiger charge is -2.34. The molecule has 118 valence electrons. The first kappa shape index (κ1) is 15.3. The molecule has 1 aromatic heterocycles. The highest BCUT2D eigenvalue weighted by Crippen LogP contribution is 2.21. The van der Waals surface area contributed by atoms with E-state index in [0.717, 1.165) is 5.69 Å².